The van der Waals surface area contributed by atoms with E-state index < -0.39 is 17.6 Å². The van der Waals surface area contributed by atoms with Gasteiger partial charge in [-0.25, -0.2) is 4.98 Å². The van der Waals surface area contributed by atoms with Crippen LogP contribution < -0.4 is 15.4 Å². The first-order chi connectivity index (χ1) is 19.6. The van der Waals surface area contributed by atoms with Gasteiger partial charge in [0, 0.05) is 62.3 Å². The fourth-order valence-corrected chi connectivity index (χ4v) is 4.73. The zero-order valence-electron chi connectivity index (χ0n) is 23.5. The van der Waals surface area contributed by atoms with Crippen molar-refractivity contribution in [2.24, 2.45) is 0 Å². The van der Waals surface area contributed by atoms with Crippen molar-refractivity contribution in [1.29, 1.82) is 0 Å². The number of amides is 1. The van der Waals surface area contributed by atoms with E-state index in [1.807, 2.05) is 27.0 Å². The Morgan fingerprint density at radius 1 is 1.10 bits per heavy atom. The molecule has 220 valence electrons. The molecular weight excluding hydrogens is 535 g/mol. The summed E-state index contributed by atoms with van der Waals surface area (Å²) in [4.78, 5) is 22.0. The number of pyridine rings is 1. The second-order valence-electron chi connectivity index (χ2n) is 10.1. The molecule has 8 nitrogen and oxygen atoms in total. The number of piperazine rings is 1. The van der Waals surface area contributed by atoms with Gasteiger partial charge < -0.3 is 25.4 Å². The Balaban J connectivity index is 1.59. The van der Waals surface area contributed by atoms with E-state index in [-0.39, 0.29) is 12.3 Å². The van der Waals surface area contributed by atoms with Crippen LogP contribution in [0.25, 0.3) is 11.1 Å². The Labute approximate surface area is 238 Å². The number of nitrogens with one attached hydrogen (secondary N) is 2. The van der Waals surface area contributed by atoms with E-state index in [0.717, 1.165) is 55.0 Å². The number of hydrogen-bond donors (Lipinski definition) is 3. The number of ether oxygens (including phenoxy) is 1. The second kappa shape index (κ2) is 13.3. The summed E-state index contributed by atoms with van der Waals surface area (Å²) in [5, 5.41) is 15.0. The maximum absolute atomic E-state index is 13.7. The minimum atomic E-state index is -4.54. The molecule has 0 atom stereocenters. The summed E-state index contributed by atoms with van der Waals surface area (Å²) in [6.45, 7) is 7.98. The average Bonchev–Trinajstić information content (AvgIpc) is 2.93. The van der Waals surface area contributed by atoms with Crippen LogP contribution in [-0.4, -0.2) is 78.8 Å². The van der Waals surface area contributed by atoms with E-state index in [9.17, 15) is 23.1 Å². The van der Waals surface area contributed by atoms with E-state index in [4.69, 9.17) is 4.74 Å². The number of anilines is 2. The summed E-state index contributed by atoms with van der Waals surface area (Å²) >= 11 is 0. The van der Waals surface area contributed by atoms with Gasteiger partial charge in [0.05, 0.1) is 24.5 Å². The first-order valence-corrected chi connectivity index (χ1v) is 13.6. The van der Waals surface area contributed by atoms with Crippen LogP contribution in [0.1, 0.15) is 34.0 Å². The maximum Gasteiger partial charge on any atom is 0.416 e. The Kier molecular flexibility index (Phi) is 9.85. The lowest BCUT2D eigenvalue weighted by molar-refractivity contribution is -0.137. The number of aliphatic hydroxyl groups excluding tert-OH is 1. The average molecular weight is 572 g/mol. The molecule has 0 radical (unpaired) electrons. The van der Waals surface area contributed by atoms with Gasteiger partial charge in [-0.3, -0.25) is 9.69 Å². The van der Waals surface area contributed by atoms with Crippen molar-refractivity contribution >= 4 is 17.3 Å². The number of aryl methyl sites for hydroxylation is 1. The molecule has 2 aromatic carbocycles. The number of rotatable bonds is 10. The van der Waals surface area contributed by atoms with Crippen molar-refractivity contribution in [1.82, 2.24) is 14.8 Å². The van der Waals surface area contributed by atoms with Crippen molar-refractivity contribution in [2.75, 3.05) is 63.6 Å². The van der Waals surface area contributed by atoms with Crippen LogP contribution in [0, 0.1) is 6.92 Å². The number of aromatic nitrogens is 1. The molecule has 11 heteroatoms. The highest BCUT2D eigenvalue weighted by Crippen LogP contribution is 2.34. The molecule has 2 heterocycles. The number of halogens is 3. The van der Waals surface area contributed by atoms with Crippen molar-refractivity contribution in [2.45, 2.75) is 26.6 Å². The lowest BCUT2D eigenvalue weighted by atomic mass is 9.98. The zero-order chi connectivity index (χ0) is 29.6. The first-order valence-electron chi connectivity index (χ1n) is 13.6. The third-order valence-electron chi connectivity index (χ3n) is 6.95. The highest BCUT2D eigenvalue weighted by Gasteiger charge is 2.31. The number of benzene rings is 2. The molecule has 3 N–H and O–H groups in total. The molecule has 0 spiro atoms. The SMILES string of the molecule is CCOc1ncc(-c2cc(C(=O)Nc3cc(CN4CCN(C)CC4)cc(C(F)(F)F)c3)ccc2C)cc1NCCO. The molecule has 1 aliphatic heterocycles. The molecule has 1 aliphatic rings. The van der Waals surface area contributed by atoms with Gasteiger partial charge in [-0.1, -0.05) is 6.07 Å². The summed E-state index contributed by atoms with van der Waals surface area (Å²) in [5.74, 6) is -0.123. The monoisotopic (exact) mass is 571 g/mol. The van der Waals surface area contributed by atoms with Crippen LogP contribution in [0.5, 0.6) is 5.88 Å². The molecule has 0 bridgehead atoms. The Hall–Kier alpha value is -3.67. The molecule has 4 rings (SSSR count). The van der Waals surface area contributed by atoms with Gasteiger partial charge in [0.1, 0.15) is 0 Å². The molecule has 1 aromatic heterocycles. The van der Waals surface area contributed by atoms with E-state index in [2.05, 4.69) is 25.4 Å². The number of nitrogens with zero attached hydrogens (tertiary/aromatic N) is 3. The fraction of sp³-hybridized carbons (Fsp3) is 0.400. The molecule has 1 amide bonds. The minimum Gasteiger partial charge on any atom is -0.476 e. The van der Waals surface area contributed by atoms with Gasteiger partial charge in [0.2, 0.25) is 5.88 Å². The third-order valence-corrected chi connectivity index (χ3v) is 6.95. The normalized spacial score (nSPS) is 14.6. The zero-order valence-corrected chi connectivity index (χ0v) is 23.5. The Morgan fingerprint density at radius 2 is 1.85 bits per heavy atom. The van der Waals surface area contributed by atoms with Gasteiger partial charge >= 0.3 is 6.18 Å². The van der Waals surface area contributed by atoms with Crippen LogP contribution >= 0.6 is 0 Å². The predicted octanol–water partition coefficient (Wildman–Crippen LogP) is 4.88. The smallest absolute Gasteiger partial charge is 0.416 e. The molecule has 3 aromatic rings. The molecule has 1 saturated heterocycles. The number of likely N-dealkylation sites (N-methyl/N-ethyl adjacent to an activating group) is 1. The summed E-state index contributed by atoms with van der Waals surface area (Å²) in [5.41, 5.74) is 3.02. The number of hydrogen-bond acceptors (Lipinski definition) is 7. The quantitative estimate of drug-likeness (QED) is 0.320. The van der Waals surface area contributed by atoms with Crippen LogP contribution in [0.3, 0.4) is 0 Å². The first kappa shape index (κ1) is 30.3. The van der Waals surface area contributed by atoms with Gasteiger partial charge in [-0.2, -0.15) is 13.2 Å². The van der Waals surface area contributed by atoms with Crippen LogP contribution in [0.15, 0.2) is 48.7 Å². The highest BCUT2D eigenvalue weighted by atomic mass is 19.4. The summed E-state index contributed by atoms with van der Waals surface area (Å²) in [6, 6.07) is 10.7. The molecule has 0 saturated carbocycles. The van der Waals surface area contributed by atoms with Crippen molar-refractivity contribution < 1.29 is 27.8 Å². The fourth-order valence-electron chi connectivity index (χ4n) is 4.73. The van der Waals surface area contributed by atoms with E-state index in [0.29, 0.717) is 42.4 Å². The molecule has 1 fully saturated rings. The van der Waals surface area contributed by atoms with E-state index in [1.54, 1.807) is 30.5 Å². The van der Waals surface area contributed by atoms with Gasteiger partial charge in [0.25, 0.3) is 5.91 Å². The molecule has 41 heavy (non-hydrogen) atoms. The largest absolute Gasteiger partial charge is 0.476 e. The molecular formula is C30H36F3N5O3. The van der Waals surface area contributed by atoms with Crippen molar-refractivity contribution in [3.05, 3.63) is 70.9 Å². The lowest BCUT2D eigenvalue weighted by Gasteiger charge is -2.32. The Morgan fingerprint density at radius 3 is 2.54 bits per heavy atom. The molecule has 0 aliphatic carbocycles. The highest BCUT2D eigenvalue weighted by molar-refractivity contribution is 6.05. The number of carbonyl (C=O) groups excluding carboxylic acids is 1. The van der Waals surface area contributed by atoms with Crippen LogP contribution in [0.2, 0.25) is 0 Å². The maximum atomic E-state index is 13.7. The van der Waals surface area contributed by atoms with Gasteiger partial charge in [0.15, 0.2) is 0 Å². The number of alkyl halides is 3. The van der Waals surface area contributed by atoms with Gasteiger partial charge in [-0.05, 0) is 74.0 Å². The third kappa shape index (κ3) is 7.96. The van der Waals surface area contributed by atoms with Crippen molar-refractivity contribution in [3.63, 3.8) is 0 Å². The standard InChI is InChI=1S/C30H36F3N5O3/c1-4-41-29-27(34-7-12-39)16-23(18-35-29)26-15-22(6-5-20(26)2)28(40)36-25-14-21(13-24(17-25)30(31,32)33)19-38-10-8-37(3)9-11-38/h5-6,13-18,34,39H,4,7-12,19H2,1-3H3,(H,36,40). The summed E-state index contributed by atoms with van der Waals surface area (Å²) in [7, 11) is 2.02. The predicted molar refractivity (Wildman–Crippen MR) is 153 cm³/mol. The van der Waals surface area contributed by atoms with Crippen LogP contribution in [-0.2, 0) is 12.7 Å². The minimum absolute atomic E-state index is 0.0723. The lowest BCUT2D eigenvalue weighted by Crippen LogP contribution is -2.43. The summed E-state index contributed by atoms with van der Waals surface area (Å²) in [6.07, 6.45) is -2.91. The van der Waals surface area contributed by atoms with Crippen molar-refractivity contribution in [3.8, 4) is 17.0 Å². The van der Waals surface area contributed by atoms with E-state index >= 15 is 0 Å². The van der Waals surface area contributed by atoms with E-state index in [1.165, 1.54) is 0 Å². The number of carbonyl (C=O) groups is 1. The Bertz CT molecular complexity index is 1360. The van der Waals surface area contributed by atoms with Gasteiger partial charge in [-0.15, -0.1) is 0 Å². The van der Waals surface area contributed by atoms with Crippen LogP contribution in [0.4, 0.5) is 24.5 Å². The topological polar surface area (TPSA) is 90.0 Å². The second-order valence-corrected chi connectivity index (χ2v) is 10.1. The molecule has 0 unspecified atom stereocenters. The number of aliphatic hydroxyl groups is 1. The summed E-state index contributed by atoms with van der Waals surface area (Å²) < 4.78 is 46.8.